The van der Waals surface area contributed by atoms with Gasteiger partial charge >= 0.3 is 0 Å². The summed E-state index contributed by atoms with van der Waals surface area (Å²) >= 11 is 0. The maximum absolute atomic E-state index is 9.26. The molecule has 0 aliphatic carbocycles. The van der Waals surface area contributed by atoms with Crippen molar-refractivity contribution in [1.82, 2.24) is 0 Å². The van der Waals surface area contributed by atoms with Crippen molar-refractivity contribution >= 4 is 11.0 Å². The lowest BCUT2D eigenvalue weighted by molar-refractivity contribution is -0.0101. The van der Waals surface area contributed by atoms with Crippen LogP contribution in [0.4, 0.5) is 0 Å². The van der Waals surface area contributed by atoms with Gasteiger partial charge in [0.2, 0.25) is 0 Å². The van der Waals surface area contributed by atoms with E-state index in [0.717, 1.165) is 41.7 Å². The fraction of sp³-hybridized carbons (Fsp3) is 0.400. The van der Waals surface area contributed by atoms with Gasteiger partial charge in [0.1, 0.15) is 17.4 Å². The molecule has 0 saturated carbocycles. The molecule has 0 N–H and O–H groups in total. The molecule has 0 amide bonds. The van der Waals surface area contributed by atoms with Crippen LogP contribution < -0.4 is 0 Å². The van der Waals surface area contributed by atoms with Gasteiger partial charge in [-0.15, -0.1) is 0 Å². The SMILES string of the molecule is Cc1oc2ccccc2c1C1OCCCC1C#N. The Morgan fingerprint density at radius 3 is 3.00 bits per heavy atom. The van der Waals surface area contributed by atoms with Gasteiger partial charge < -0.3 is 9.15 Å². The standard InChI is InChI=1S/C15H15NO2/c1-10-14(12-6-2-3-7-13(12)18-10)15-11(9-16)5-4-8-17-15/h2-3,6-7,11,15H,4-5,8H2,1H3. The highest BCUT2D eigenvalue weighted by atomic mass is 16.5. The first-order valence-corrected chi connectivity index (χ1v) is 6.30. The van der Waals surface area contributed by atoms with Crippen molar-refractivity contribution in [1.29, 1.82) is 5.26 Å². The van der Waals surface area contributed by atoms with E-state index in [-0.39, 0.29) is 12.0 Å². The zero-order valence-corrected chi connectivity index (χ0v) is 10.3. The van der Waals surface area contributed by atoms with Crippen LogP contribution in [0.3, 0.4) is 0 Å². The first-order chi connectivity index (χ1) is 8.81. The number of ether oxygens (including phenoxy) is 1. The van der Waals surface area contributed by atoms with Crippen LogP contribution in [-0.2, 0) is 4.74 Å². The number of hydrogen-bond acceptors (Lipinski definition) is 3. The number of aryl methyl sites for hydroxylation is 1. The quantitative estimate of drug-likeness (QED) is 0.764. The van der Waals surface area contributed by atoms with E-state index in [1.54, 1.807) is 0 Å². The Bertz CT molecular complexity index is 608. The molecule has 92 valence electrons. The molecule has 2 heterocycles. The lowest BCUT2D eigenvalue weighted by atomic mass is 9.89. The van der Waals surface area contributed by atoms with Gasteiger partial charge in [0.25, 0.3) is 0 Å². The van der Waals surface area contributed by atoms with Crippen molar-refractivity contribution in [3.63, 3.8) is 0 Å². The summed E-state index contributed by atoms with van der Waals surface area (Å²) < 4.78 is 11.6. The Morgan fingerprint density at radius 1 is 1.33 bits per heavy atom. The molecule has 0 radical (unpaired) electrons. The van der Waals surface area contributed by atoms with Crippen molar-refractivity contribution in [2.24, 2.45) is 5.92 Å². The molecule has 1 aromatic carbocycles. The van der Waals surface area contributed by atoms with Crippen LogP contribution in [0.25, 0.3) is 11.0 Å². The molecule has 0 spiro atoms. The van der Waals surface area contributed by atoms with Gasteiger partial charge in [-0.05, 0) is 25.8 Å². The molecule has 2 atom stereocenters. The number of fused-ring (bicyclic) bond motifs is 1. The van der Waals surface area contributed by atoms with Gasteiger partial charge in [0.15, 0.2) is 0 Å². The largest absolute Gasteiger partial charge is 0.461 e. The second kappa shape index (κ2) is 4.47. The van der Waals surface area contributed by atoms with E-state index in [1.807, 2.05) is 31.2 Å². The van der Waals surface area contributed by atoms with Gasteiger partial charge in [-0.25, -0.2) is 0 Å². The third-order valence-electron chi connectivity index (χ3n) is 3.59. The molecule has 3 rings (SSSR count). The summed E-state index contributed by atoms with van der Waals surface area (Å²) in [5.41, 5.74) is 1.92. The van der Waals surface area contributed by atoms with Crippen LogP contribution in [0.15, 0.2) is 28.7 Å². The van der Waals surface area contributed by atoms with Gasteiger partial charge in [0.05, 0.1) is 12.0 Å². The number of nitriles is 1. The predicted molar refractivity (Wildman–Crippen MR) is 68.0 cm³/mol. The third-order valence-corrected chi connectivity index (χ3v) is 3.59. The number of rotatable bonds is 1. The van der Waals surface area contributed by atoms with Gasteiger partial charge in [-0.1, -0.05) is 18.2 Å². The monoisotopic (exact) mass is 241 g/mol. The smallest absolute Gasteiger partial charge is 0.134 e. The summed E-state index contributed by atoms with van der Waals surface area (Å²) in [7, 11) is 0. The second-order valence-electron chi connectivity index (χ2n) is 4.74. The number of hydrogen-bond donors (Lipinski definition) is 0. The summed E-state index contributed by atoms with van der Waals surface area (Å²) in [4.78, 5) is 0. The molecular weight excluding hydrogens is 226 g/mol. The van der Waals surface area contributed by atoms with Gasteiger partial charge in [0, 0.05) is 17.6 Å². The van der Waals surface area contributed by atoms with Crippen molar-refractivity contribution in [3.8, 4) is 6.07 Å². The number of benzene rings is 1. The molecule has 1 saturated heterocycles. The van der Waals surface area contributed by atoms with Gasteiger partial charge in [-0.2, -0.15) is 5.26 Å². The van der Waals surface area contributed by atoms with Crippen LogP contribution in [0, 0.1) is 24.2 Å². The highest BCUT2D eigenvalue weighted by molar-refractivity contribution is 5.82. The van der Waals surface area contributed by atoms with Crippen LogP contribution in [0.2, 0.25) is 0 Å². The highest BCUT2D eigenvalue weighted by Gasteiger charge is 2.31. The van der Waals surface area contributed by atoms with Crippen LogP contribution >= 0.6 is 0 Å². The predicted octanol–water partition coefficient (Wildman–Crippen LogP) is 3.73. The Kier molecular flexibility index (Phi) is 2.81. The summed E-state index contributed by atoms with van der Waals surface area (Å²) in [6.07, 6.45) is 1.72. The summed E-state index contributed by atoms with van der Waals surface area (Å²) in [6.45, 7) is 2.67. The maximum Gasteiger partial charge on any atom is 0.134 e. The van der Waals surface area contributed by atoms with Crippen molar-refractivity contribution in [3.05, 3.63) is 35.6 Å². The molecule has 3 nitrogen and oxygen atoms in total. The minimum Gasteiger partial charge on any atom is -0.461 e. The second-order valence-corrected chi connectivity index (χ2v) is 4.74. The molecule has 2 unspecified atom stereocenters. The first kappa shape index (κ1) is 11.3. The minimum absolute atomic E-state index is 0.0709. The maximum atomic E-state index is 9.26. The fourth-order valence-electron chi connectivity index (χ4n) is 2.74. The zero-order valence-electron chi connectivity index (χ0n) is 10.3. The van der Waals surface area contributed by atoms with Crippen molar-refractivity contribution < 1.29 is 9.15 Å². The van der Waals surface area contributed by atoms with Crippen LogP contribution in [0.5, 0.6) is 0 Å². The summed E-state index contributed by atoms with van der Waals surface area (Å²) in [6, 6.07) is 10.3. The van der Waals surface area contributed by atoms with E-state index >= 15 is 0 Å². The van der Waals surface area contributed by atoms with E-state index in [4.69, 9.17) is 9.15 Å². The minimum atomic E-state index is -0.146. The number of para-hydroxylation sites is 1. The summed E-state index contributed by atoms with van der Waals surface area (Å²) in [5, 5.41) is 10.3. The third kappa shape index (κ3) is 1.70. The lowest BCUT2D eigenvalue weighted by Crippen LogP contribution is -2.21. The average molecular weight is 241 g/mol. The molecule has 18 heavy (non-hydrogen) atoms. The number of nitrogens with zero attached hydrogens (tertiary/aromatic N) is 1. The first-order valence-electron chi connectivity index (χ1n) is 6.30. The van der Waals surface area contributed by atoms with Crippen LogP contribution in [-0.4, -0.2) is 6.61 Å². The average Bonchev–Trinajstić information content (AvgIpc) is 2.74. The van der Waals surface area contributed by atoms with Crippen molar-refractivity contribution in [2.75, 3.05) is 6.61 Å². The number of furan rings is 1. The zero-order chi connectivity index (χ0) is 12.5. The highest BCUT2D eigenvalue weighted by Crippen LogP contribution is 2.39. The molecule has 1 aliphatic heterocycles. The van der Waals surface area contributed by atoms with Crippen molar-refractivity contribution in [2.45, 2.75) is 25.9 Å². The molecule has 2 aromatic rings. The summed E-state index contributed by atoms with van der Waals surface area (Å²) in [5.74, 6) is 0.793. The van der Waals surface area contributed by atoms with E-state index in [0.29, 0.717) is 0 Å². The molecule has 0 bridgehead atoms. The molecular formula is C15H15NO2. The molecule has 3 heteroatoms. The van der Waals surface area contributed by atoms with E-state index < -0.39 is 0 Å². The Hall–Kier alpha value is -1.79. The Balaban J connectivity index is 2.13. The Labute approximate surface area is 106 Å². The van der Waals surface area contributed by atoms with E-state index in [2.05, 4.69) is 6.07 Å². The lowest BCUT2D eigenvalue weighted by Gasteiger charge is -2.27. The molecule has 1 fully saturated rings. The van der Waals surface area contributed by atoms with Crippen LogP contribution in [0.1, 0.15) is 30.3 Å². The van der Waals surface area contributed by atoms with E-state index in [1.165, 1.54) is 0 Å². The molecule has 1 aromatic heterocycles. The molecule has 1 aliphatic rings. The Morgan fingerprint density at radius 2 is 2.17 bits per heavy atom. The fourth-order valence-corrected chi connectivity index (χ4v) is 2.74. The topological polar surface area (TPSA) is 46.2 Å². The normalized spacial score (nSPS) is 24.0. The van der Waals surface area contributed by atoms with E-state index in [9.17, 15) is 5.26 Å². The van der Waals surface area contributed by atoms with Gasteiger partial charge in [-0.3, -0.25) is 0 Å².